The Morgan fingerprint density at radius 2 is 2.08 bits per heavy atom. The van der Waals surface area contributed by atoms with Crippen LogP contribution in [0.25, 0.3) is 10.2 Å². The summed E-state index contributed by atoms with van der Waals surface area (Å²) in [7, 11) is 1.58. The lowest BCUT2D eigenvalue weighted by molar-refractivity contribution is -0.139. The zero-order valence-electron chi connectivity index (χ0n) is 14.3. The van der Waals surface area contributed by atoms with Crippen LogP contribution in [-0.4, -0.2) is 34.9 Å². The highest BCUT2D eigenvalue weighted by Crippen LogP contribution is 2.20. The van der Waals surface area contributed by atoms with E-state index in [4.69, 9.17) is 4.74 Å². The molecule has 0 saturated heterocycles. The number of benzene rings is 2. The highest BCUT2D eigenvalue weighted by atomic mass is 32.1. The van der Waals surface area contributed by atoms with Gasteiger partial charge in [-0.3, -0.25) is 4.79 Å². The normalized spacial score (nSPS) is 12.0. The van der Waals surface area contributed by atoms with E-state index in [0.29, 0.717) is 11.1 Å². The highest BCUT2D eigenvalue weighted by molar-refractivity contribution is 7.16. The summed E-state index contributed by atoms with van der Waals surface area (Å²) in [5.41, 5.74) is 3.54. The third-order valence-electron chi connectivity index (χ3n) is 3.88. The molecule has 0 fully saturated rings. The first-order valence-electron chi connectivity index (χ1n) is 7.97. The molecule has 0 radical (unpaired) electrons. The quantitative estimate of drug-likeness (QED) is 0.642. The molecule has 7 heteroatoms. The molecule has 0 aliphatic rings. The van der Waals surface area contributed by atoms with Crippen molar-refractivity contribution in [2.45, 2.75) is 19.6 Å². The second kappa shape index (κ2) is 7.61. The van der Waals surface area contributed by atoms with Gasteiger partial charge in [0.25, 0.3) is 5.91 Å². The van der Waals surface area contributed by atoms with Gasteiger partial charge in [0.1, 0.15) is 5.82 Å². The van der Waals surface area contributed by atoms with Crippen molar-refractivity contribution >= 4 is 33.4 Å². The lowest BCUT2D eigenvalue weighted by Crippen LogP contribution is -2.37. The van der Waals surface area contributed by atoms with Crippen LogP contribution in [0.15, 0.2) is 48.0 Å². The van der Waals surface area contributed by atoms with Crippen LogP contribution in [0.3, 0.4) is 0 Å². The molecule has 134 valence electrons. The molecule has 5 nitrogen and oxygen atoms in total. The molecule has 0 aliphatic heterocycles. The summed E-state index contributed by atoms with van der Waals surface area (Å²) in [6, 6.07) is 11.1. The van der Waals surface area contributed by atoms with E-state index in [1.165, 1.54) is 35.3 Å². The Kier molecular flexibility index (Phi) is 5.27. The molecule has 0 spiro atoms. The molecule has 3 rings (SSSR count). The molecule has 0 bridgehead atoms. The van der Waals surface area contributed by atoms with Gasteiger partial charge in [0, 0.05) is 13.6 Å². The first-order valence-corrected chi connectivity index (χ1v) is 8.85. The van der Waals surface area contributed by atoms with E-state index in [0.717, 1.165) is 10.2 Å². The summed E-state index contributed by atoms with van der Waals surface area (Å²) in [6.07, 6.45) is -0.946. The number of carbonyl (C=O) groups is 2. The van der Waals surface area contributed by atoms with Crippen molar-refractivity contribution < 1.29 is 18.7 Å². The third kappa shape index (κ3) is 4.05. The van der Waals surface area contributed by atoms with Crippen molar-refractivity contribution in [1.29, 1.82) is 0 Å². The van der Waals surface area contributed by atoms with Gasteiger partial charge in [0.15, 0.2) is 6.10 Å². The van der Waals surface area contributed by atoms with Crippen molar-refractivity contribution in [2.24, 2.45) is 0 Å². The van der Waals surface area contributed by atoms with Gasteiger partial charge in [-0.1, -0.05) is 12.1 Å². The number of thiazole rings is 1. The van der Waals surface area contributed by atoms with Crippen molar-refractivity contribution in [3.05, 3.63) is 64.9 Å². The summed E-state index contributed by atoms with van der Waals surface area (Å²) >= 11 is 1.43. The molecule has 0 saturated carbocycles. The Hall–Kier alpha value is -2.80. The van der Waals surface area contributed by atoms with Crippen molar-refractivity contribution in [3.63, 3.8) is 0 Å². The van der Waals surface area contributed by atoms with Crippen LogP contribution in [0, 0.1) is 5.82 Å². The number of nitrogens with zero attached hydrogens (tertiary/aromatic N) is 2. The monoisotopic (exact) mass is 372 g/mol. The third-order valence-corrected chi connectivity index (χ3v) is 4.68. The molecule has 1 heterocycles. The van der Waals surface area contributed by atoms with E-state index in [9.17, 15) is 14.0 Å². The molecular weight excluding hydrogens is 355 g/mol. The molecule has 0 N–H and O–H groups in total. The van der Waals surface area contributed by atoms with Gasteiger partial charge in [-0.2, -0.15) is 0 Å². The van der Waals surface area contributed by atoms with Crippen LogP contribution in [0.1, 0.15) is 22.8 Å². The van der Waals surface area contributed by atoms with Crippen LogP contribution < -0.4 is 0 Å². The predicted molar refractivity (Wildman–Crippen MR) is 97.4 cm³/mol. The topological polar surface area (TPSA) is 59.5 Å². The average Bonchev–Trinajstić information content (AvgIpc) is 3.08. The number of likely N-dealkylation sites (N-methyl/N-ethyl adjacent to an activating group) is 1. The van der Waals surface area contributed by atoms with Gasteiger partial charge < -0.3 is 9.64 Å². The largest absolute Gasteiger partial charge is 0.449 e. The first kappa shape index (κ1) is 18.0. The Balaban J connectivity index is 1.63. The number of esters is 1. The molecule has 2 aromatic carbocycles. The summed E-state index contributed by atoms with van der Waals surface area (Å²) in [6.45, 7) is 1.75. The molecule has 26 heavy (non-hydrogen) atoms. The van der Waals surface area contributed by atoms with Crippen LogP contribution in [0.5, 0.6) is 0 Å². The lowest BCUT2D eigenvalue weighted by Gasteiger charge is -2.21. The van der Waals surface area contributed by atoms with Gasteiger partial charge in [-0.25, -0.2) is 14.2 Å². The number of hydrogen-bond donors (Lipinski definition) is 0. The highest BCUT2D eigenvalue weighted by Gasteiger charge is 2.22. The van der Waals surface area contributed by atoms with Crippen LogP contribution in [0.4, 0.5) is 4.39 Å². The SMILES string of the molecule is CC(OC(=O)c1ccc2ncsc2c1)C(=O)N(C)Cc1cccc(F)c1. The standard InChI is InChI=1S/C19H17FN2O3S/c1-12(18(23)22(2)10-13-4-3-5-15(20)8-13)25-19(24)14-6-7-16-17(9-14)26-11-21-16/h3-9,11-12H,10H2,1-2H3. The Bertz CT molecular complexity index is 957. The van der Waals surface area contributed by atoms with E-state index in [-0.39, 0.29) is 18.3 Å². The molecular formula is C19H17FN2O3S. The maximum atomic E-state index is 13.2. The fourth-order valence-corrected chi connectivity index (χ4v) is 3.27. The molecule has 3 aromatic rings. The van der Waals surface area contributed by atoms with Crippen molar-refractivity contribution in [2.75, 3.05) is 7.05 Å². The second-order valence-electron chi connectivity index (χ2n) is 5.91. The number of carbonyl (C=O) groups excluding carboxylic acids is 2. The molecule has 1 atom stereocenters. The lowest BCUT2D eigenvalue weighted by atomic mass is 10.2. The zero-order valence-corrected chi connectivity index (χ0v) is 15.1. The van der Waals surface area contributed by atoms with Gasteiger partial charge in [0.2, 0.25) is 0 Å². The van der Waals surface area contributed by atoms with E-state index in [1.807, 2.05) is 0 Å². The van der Waals surface area contributed by atoms with Crippen LogP contribution in [-0.2, 0) is 16.1 Å². The number of halogens is 1. The van der Waals surface area contributed by atoms with E-state index in [2.05, 4.69) is 4.98 Å². The molecule has 0 aliphatic carbocycles. The van der Waals surface area contributed by atoms with Gasteiger partial charge >= 0.3 is 5.97 Å². The predicted octanol–water partition coefficient (Wildman–Crippen LogP) is 3.64. The van der Waals surface area contributed by atoms with Crippen LogP contribution >= 0.6 is 11.3 Å². The zero-order chi connectivity index (χ0) is 18.7. The van der Waals surface area contributed by atoms with Gasteiger partial charge in [-0.15, -0.1) is 11.3 Å². The number of aromatic nitrogens is 1. The fraction of sp³-hybridized carbons (Fsp3) is 0.211. The number of fused-ring (bicyclic) bond motifs is 1. The molecule has 1 unspecified atom stereocenters. The minimum absolute atomic E-state index is 0.227. The summed E-state index contributed by atoms with van der Waals surface area (Å²) in [4.78, 5) is 30.3. The Morgan fingerprint density at radius 3 is 2.85 bits per heavy atom. The number of hydrogen-bond acceptors (Lipinski definition) is 5. The smallest absolute Gasteiger partial charge is 0.338 e. The Labute approximate surface area is 154 Å². The minimum Gasteiger partial charge on any atom is -0.449 e. The van der Waals surface area contributed by atoms with Crippen molar-refractivity contribution in [3.8, 4) is 0 Å². The number of ether oxygens (including phenoxy) is 1. The molecule has 1 aromatic heterocycles. The Morgan fingerprint density at radius 1 is 1.27 bits per heavy atom. The molecule has 1 amide bonds. The maximum absolute atomic E-state index is 13.2. The van der Waals surface area contributed by atoms with E-state index >= 15 is 0 Å². The van der Waals surface area contributed by atoms with Crippen molar-refractivity contribution in [1.82, 2.24) is 9.88 Å². The second-order valence-corrected chi connectivity index (χ2v) is 6.79. The number of amides is 1. The van der Waals surface area contributed by atoms with E-state index < -0.39 is 12.1 Å². The van der Waals surface area contributed by atoms with Gasteiger partial charge in [0.05, 0.1) is 21.3 Å². The average molecular weight is 372 g/mol. The van der Waals surface area contributed by atoms with E-state index in [1.54, 1.807) is 42.9 Å². The minimum atomic E-state index is -0.946. The van der Waals surface area contributed by atoms with Gasteiger partial charge in [-0.05, 0) is 42.8 Å². The fourth-order valence-electron chi connectivity index (χ4n) is 2.56. The van der Waals surface area contributed by atoms with Crippen LogP contribution in [0.2, 0.25) is 0 Å². The first-order chi connectivity index (χ1) is 12.4. The summed E-state index contributed by atoms with van der Waals surface area (Å²) in [5.74, 6) is -1.29. The summed E-state index contributed by atoms with van der Waals surface area (Å²) < 4.78 is 19.4. The number of rotatable bonds is 5. The maximum Gasteiger partial charge on any atom is 0.338 e. The summed E-state index contributed by atoms with van der Waals surface area (Å²) in [5, 5.41) is 0.